The lowest BCUT2D eigenvalue weighted by Gasteiger charge is -2.07. The molecule has 0 bridgehead atoms. The third kappa shape index (κ3) is 2.52. The normalized spacial score (nSPS) is 10.3. The van der Waals surface area contributed by atoms with E-state index in [2.05, 4.69) is 31.2 Å². The van der Waals surface area contributed by atoms with Gasteiger partial charge in [0.25, 0.3) is 5.91 Å². The quantitative estimate of drug-likeness (QED) is 0.895. The van der Waals surface area contributed by atoms with E-state index in [0.717, 1.165) is 10.0 Å². The molecule has 0 radical (unpaired) electrons. The molecule has 0 aliphatic rings. The summed E-state index contributed by atoms with van der Waals surface area (Å²) >= 11 is 3.28. The van der Waals surface area contributed by atoms with Gasteiger partial charge >= 0.3 is 0 Å². The minimum absolute atomic E-state index is 0.127. The van der Waals surface area contributed by atoms with E-state index in [9.17, 15) is 9.18 Å². The van der Waals surface area contributed by atoms with Crippen molar-refractivity contribution in [1.82, 2.24) is 9.97 Å². The van der Waals surface area contributed by atoms with Crippen molar-refractivity contribution in [2.75, 3.05) is 5.32 Å². The summed E-state index contributed by atoms with van der Waals surface area (Å²) in [5.74, 6) is -0.907. The summed E-state index contributed by atoms with van der Waals surface area (Å²) in [6, 6.07) is 2.88. The Kier molecular flexibility index (Phi) is 3.23. The Bertz CT molecular complexity index is 554. The fraction of sp³-hybridized carbons (Fsp3) is 0.0909. The van der Waals surface area contributed by atoms with Crippen LogP contribution in [0.5, 0.6) is 0 Å². The maximum Gasteiger partial charge on any atom is 0.273 e. The van der Waals surface area contributed by atoms with Gasteiger partial charge in [0.05, 0.1) is 18.2 Å². The second-order valence-electron chi connectivity index (χ2n) is 3.50. The number of nitrogens with zero attached hydrogens (tertiary/aromatic N) is 1. The first kappa shape index (κ1) is 11.8. The molecule has 1 amide bonds. The SMILES string of the molecule is Cc1cc(F)c(NC(=O)c2cnc[nH]2)cc1Br. The Morgan fingerprint density at radius 1 is 1.53 bits per heavy atom. The molecule has 4 nitrogen and oxygen atoms in total. The average molecular weight is 298 g/mol. The fourth-order valence-corrected chi connectivity index (χ4v) is 1.66. The number of carbonyl (C=O) groups is 1. The number of H-pyrrole nitrogens is 1. The largest absolute Gasteiger partial charge is 0.341 e. The minimum Gasteiger partial charge on any atom is -0.341 e. The van der Waals surface area contributed by atoms with Gasteiger partial charge in [-0.1, -0.05) is 15.9 Å². The summed E-state index contributed by atoms with van der Waals surface area (Å²) in [4.78, 5) is 18.0. The summed E-state index contributed by atoms with van der Waals surface area (Å²) in [7, 11) is 0. The van der Waals surface area contributed by atoms with Crippen LogP contribution in [-0.4, -0.2) is 15.9 Å². The molecule has 1 aromatic carbocycles. The molecule has 2 aromatic rings. The number of hydrogen-bond acceptors (Lipinski definition) is 2. The molecule has 2 rings (SSSR count). The number of halogens is 2. The number of anilines is 1. The first-order chi connectivity index (χ1) is 8.08. The van der Waals surface area contributed by atoms with E-state index in [-0.39, 0.29) is 11.4 Å². The summed E-state index contributed by atoms with van der Waals surface area (Å²) in [6.45, 7) is 1.77. The van der Waals surface area contributed by atoms with Crippen LogP contribution < -0.4 is 5.32 Å². The van der Waals surface area contributed by atoms with Gasteiger partial charge in [-0.15, -0.1) is 0 Å². The number of aryl methyl sites for hydroxylation is 1. The molecule has 0 saturated carbocycles. The second-order valence-corrected chi connectivity index (χ2v) is 4.35. The van der Waals surface area contributed by atoms with Gasteiger partial charge in [-0.3, -0.25) is 4.79 Å². The van der Waals surface area contributed by atoms with Crippen LogP contribution in [0, 0.1) is 12.7 Å². The molecule has 0 spiro atoms. The number of benzene rings is 1. The highest BCUT2D eigenvalue weighted by Gasteiger charge is 2.11. The van der Waals surface area contributed by atoms with Gasteiger partial charge in [-0.25, -0.2) is 9.37 Å². The highest BCUT2D eigenvalue weighted by atomic mass is 79.9. The molecule has 1 aromatic heterocycles. The number of rotatable bonds is 2. The Balaban J connectivity index is 2.25. The first-order valence-electron chi connectivity index (χ1n) is 4.83. The van der Waals surface area contributed by atoms with Crippen LogP contribution in [0.1, 0.15) is 16.1 Å². The Labute approximate surface area is 105 Å². The third-order valence-corrected chi connectivity index (χ3v) is 3.09. The lowest BCUT2D eigenvalue weighted by Crippen LogP contribution is -2.13. The van der Waals surface area contributed by atoms with Crippen molar-refractivity contribution in [2.45, 2.75) is 6.92 Å². The highest BCUT2D eigenvalue weighted by Crippen LogP contribution is 2.24. The number of aromatic amines is 1. The van der Waals surface area contributed by atoms with E-state index >= 15 is 0 Å². The summed E-state index contributed by atoms with van der Waals surface area (Å²) in [6.07, 6.45) is 2.76. The standard InChI is InChI=1S/C11H9BrFN3O/c1-6-2-8(13)9(3-7(6)12)16-11(17)10-4-14-5-15-10/h2-5H,1H3,(H,14,15)(H,16,17). The maximum atomic E-state index is 13.6. The van der Waals surface area contributed by atoms with Crippen LogP contribution in [0.15, 0.2) is 29.1 Å². The van der Waals surface area contributed by atoms with Crippen LogP contribution in [0.25, 0.3) is 0 Å². The first-order valence-corrected chi connectivity index (χ1v) is 5.62. The van der Waals surface area contributed by atoms with Crippen molar-refractivity contribution in [3.8, 4) is 0 Å². The molecule has 0 saturated heterocycles. The maximum absolute atomic E-state index is 13.6. The molecule has 0 aliphatic carbocycles. The molecule has 17 heavy (non-hydrogen) atoms. The van der Waals surface area contributed by atoms with Crippen LogP contribution in [0.4, 0.5) is 10.1 Å². The molecule has 6 heteroatoms. The third-order valence-electron chi connectivity index (χ3n) is 2.24. The zero-order chi connectivity index (χ0) is 12.4. The number of hydrogen-bond donors (Lipinski definition) is 2. The Morgan fingerprint density at radius 3 is 2.94 bits per heavy atom. The molecule has 0 fully saturated rings. The fourth-order valence-electron chi connectivity index (χ4n) is 1.31. The van der Waals surface area contributed by atoms with Crippen LogP contribution in [0.3, 0.4) is 0 Å². The van der Waals surface area contributed by atoms with Crippen molar-refractivity contribution in [1.29, 1.82) is 0 Å². The van der Waals surface area contributed by atoms with Crippen molar-refractivity contribution in [2.24, 2.45) is 0 Å². The van der Waals surface area contributed by atoms with Crippen molar-refractivity contribution in [3.63, 3.8) is 0 Å². The van der Waals surface area contributed by atoms with Gasteiger partial charge in [0, 0.05) is 4.47 Å². The monoisotopic (exact) mass is 297 g/mol. The molecule has 0 unspecified atom stereocenters. The number of amides is 1. The summed E-state index contributed by atoms with van der Waals surface area (Å²) in [5, 5.41) is 2.47. The van der Waals surface area contributed by atoms with Gasteiger partial charge in [0.1, 0.15) is 11.5 Å². The molecule has 88 valence electrons. The lowest BCUT2D eigenvalue weighted by atomic mass is 10.2. The summed E-state index contributed by atoms with van der Waals surface area (Å²) in [5.41, 5.74) is 1.17. The highest BCUT2D eigenvalue weighted by molar-refractivity contribution is 9.10. The molecule has 0 atom stereocenters. The Hall–Kier alpha value is -1.69. The van der Waals surface area contributed by atoms with Crippen molar-refractivity contribution < 1.29 is 9.18 Å². The predicted octanol–water partition coefficient (Wildman–Crippen LogP) is 2.87. The smallest absolute Gasteiger partial charge is 0.273 e. The topological polar surface area (TPSA) is 57.8 Å². The zero-order valence-electron chi connectivity index (χ0n) is 8.92. The lowest BCUT2D eigenvalue weighted by molar-refractivity contribution is 0.102. The van der Waals surface area contributed by atoms with E-state index in [0.29, 0.717) is 0 Å². The van der Waals surface area contributed by atoms with Gasteiger partial charge in [0.2, 0.25) is 0 Å². The zero-order valence-corrected chi connectivity index (χ0v) is 10.5. The minimum atomic E-state index is -0.474. The molecule has 1 heterocycles. The van der Waals surface area contributed by atoms with E-state index in [4.69, 9.17) is 0 Å². The van der Waals surface area contributed by atoms with Crippen LogP contribution in [0.2, 0.25) is 0 Å². The van der Waals surface area contributed by atoms with E-state index in [1.807, 2.05) is 0 Å². The Morgan fingerprint density at radius 2 is 2.29 bits per heavy atom. The van der Waals surface area contributed by atoms with Crippen LogP contribution >= 0.6 is 15.9 Å². The average Bonchev–Trinajstić information content (AvgIpc) is 2.79. The predicted molar refractivity (Wildman–Crippen MR) is 65.4 cm³/mol. The number of nitrogens with one attached hydrogen (secondary N) is 2. The number of carbonyl (C=O) groups excluding carboxylic acids is 1. The van der Waals surface area contributed by atoms with E-state index in [1.165, 1.54) is 24.7 Å². The van der Waals surface area contributed by atoms with Gasteiger partial charge in [0.15, 0.2) is 0 Å². The van der Waals surface area contributed by atoms with Crippen molar-refractivity contribution >= 4 is 27.5 Å². The molecule has 0 aliphatic heterocycles. The van der Waals surface area contributed by atoms with Crippen molar-refractivity contribution in [3.05, 3.63) is 46.2 Å². The van der Waals surface area contributed by atoms with Gasteiger partial charge in [-0.2, -0.15) is 0 Å². The number of imidazole rings is 1. The van der Waals surface area contributed by atoms with E-state index < -0.39 is 11.7 Å². The summed E-state index contributed by atoms with van der Waals surface area (Å²) < 4.78 is 14.3. The molecule has 2 N–H and O–H groups in total. The van der Waals surface area contributed by atoms with Gasteiger partial charge < -0.3 is 10.3 Å². The van der Waals surface area contributed by atoms with E-state index in [1.54, 1.807) is 6.92 Å². The number of aromatic nitrogens is 2. The second kappa shape index (κ2) is 4.67. The molecular formula is C11H9BrFN3O. The molecular weight excluding hydrogens is 289 g/mol. The van der Waals surface area contributed by atoms with Gasteiger partial charge in [-0.05, 0) is 24.6 Å². The van der Waals surface area contributed by atoms with Crippen LogP contribution in [-0.2, 0) is 0 Å².